The minimum atomic E-state index is -0.795. The van der Waals surface area contributed by atoms with Crippen molar-refractivity contribution in [3.63, 3.8) is 0 Å². The van der Waals surface area contributed by atoms with E-state index in [0.29, 0.717) is 76.6 Å². The molecule has 5 aromatic carbocycles. The molecular formula is C74H102N4O10S. The van der Waals surface area contributed by atoms with E-state index in [9.17, 15) is 19.2 Å². The van der Waals surface area contributed by atoms with Gasteiger partial charge >= 0.3 is 5.97 Å². The molecule has 2 aliphatic carbocycles. The molecule has 5 aromatic rings. The molecule has 1 aliphatic heterocycles. The SMILES string of the molecule is C=C.C=CC.C=CC.C=CC(C)C.C=CC(C)N.CNS.COCCOCCCC1(CCCOCCOC)c2cc(-c3ccc(OCCCCNC(=O)CCC(=O)ON4C(=O)CCC4=O)cc3)ccc2-c2ccc(-c3ccc4c(c3)Cc3ccccc3-4)cc21. The molecule has 1 unspecified atom stereocenters. The number of unbranched alkanes of at least 4 members (excludes halogenated alkanes) is 1. The van der Waals surface area contributed by atoms with Crippen molar-refractivity contribution in [2.75, 3.05) is 74.1 Å². The van der Waals surface area contributed by atoms with E-state index in [2.05, 4.69) is 167 Å². The van der Waals surface area contributed by atoms with Crippen molar-refractivity contribution >= 4 is 36.5 Å². The lowest BCUT2D eigenvalue weighted by Crippen LogP contribution is -2.32. The van der Waals surface area contributed by atoms with Gasteiger partial charge < -0.3 is 39.6 Å². The number of hydrogen-bond donors (Lipinski definition) is 4. The minimum absolute atomic E-state index is 0.0187. The highest BCUT2D eigenvalue weighted by atomic mass is 32.1. The van der Waals surface area contributed by atoms with Crippen molar-refractivity contribution in [2.45, 2.75) is 117 Å². The Kier molecular flexibility index (Phi) is 39.5. The molecule has 15 heteroatoms. The Hall–Kier alpha value is -7.21. The Labute approximate surface area is 538 Å². The number of fused-ring (bicyclic) bond motifs is 6. The van der Waals surface area contributed by atoms with Crippen molar-refractivity contribution < 1.29 is 47.7 Å². The second kappa shape index (κ2) is 45.1. The van der Waals surface area contributed by atoms with Crippen LogP contribution in [0.5, 0.6) is 5.75 Å². The molecule has 4 N–H and O–H groups in total. The maximum absolute atomic E-state index is 12.3. The van der Waals surface area contributed by atoms with Crippen molar-refractivity contribution in [1.82, 2.24) is 15.1 Å². The first-order chi connectivity index (χ1) is 43.1. The van der Waals surface area contributed by atoms with Crippen LogP contribution in [0.15, 0.2) is 167 Å². The molecule has 0 spiro atoms. The minimum Gasteiger partial charge on any atom is -0.494 e. The van der Waals surface area contributed by atoms with Crippen LogP contribution in [0.25, 0.3) is 44.5 Å². The van der Waals surface area contributed by atoms with Crippen LogP contribution in [-0.2, 0) is 54.8 Å². The number of rotatable bonds is 28. The number of nitrogens with zero attached hydrogens (tertiary/aromatic N) is 1. The Bertz CT molecular complexity index is 2890. The third-order valence-electron chi connectivity index (χ3n) is 14.1. The maximum Gasteiger partial charge on any atom is 0.333 e. The van der Waals surface area contributed by atoms with E-state index < -0.39 is 17.8 Å². The zero-order valence-corrected chi connectivity index (χ0v) is 55.4. The topological polar surface area (TPSA) is 177 Å². The number of nitrogens with one attached hydrogen (secondary N) is 2. The van der Waals surface area contributed by atoms with E-state index in [0.717, 1.165) is 49.0 Å². The van der Waals surface area contributed by atoms with Gasteiger partial charge in [-0.25, -0.2) is 4.79 Å². The number of hydroxylamine groups is 2. The summed E-state index contributed by atoms with van der Waals surface area (Å²) in [6, 6.07) is 38.1. The number of carbonyl (C=O) groups excluding carboxylic acids is 4. The summed E-state index contributed by atoms with van der Waals surface area (Å²) in [4.78, 5) is 52.4. The molecular weight excluding hydrogens is 1140 g/mol. The smallest absolute Gasteiger partial charge is 0.333 e. The maximum atomic E-state index is 12.3. The van der Waals surface area contributed by atoms with E-state index >= 15 is 0 Å². The lowest BCUT2D eigenvalue weighted by molar-refractivity contribution is -0.197. The predicted molar refractivity (Wildman–Crippen MR) is 370 cm³/mol. The summed E-state index contributed by atoms with van der Waals surface area (Å²) in [6.07, 6.45) is 12.8. The third kappa shape index (κ3) is 26.4. The molecule has 484 valence electrons. The Morgan fingerprint density at radius 1 is 0.629 bits per heavy atom. The number of thiol groups is 1. The number of benzene rings is 5. The average molecular weight is 1240 g/mol. The number of carbonyl (C=O) groups is 4. The van der Waals surface area contributed by atoms with Crippen molar-refractivity contribution in [3.05, 3.63) is 189 Å². The molecule has 1 heterocycles. The Balaban J connectivity index is 0.00000112. The van der Waals surface area contributed by atoms with E-state index in [4.69, 9.17) is 34.3 Å². The lowest BCUT2D eigenvalue weighted by atomic mass is 9.70. The first-order valence-electron chi connectivity index (χ1n) is 30.7. The van der Waals surface area contributed by atoms with Gasteiger partial charge in [0, 0.05) is 64.7 Å². The van der Waals surface area contributed by atoms with E-state index in [1.807, 2.05) is 39.0 Å². The van der Waals surface area contributed by atoms with Crippen LogP contribution in [0.3, 0.4) is 0 Å². The van der Waals surface area contributed by atoms with Crippen LogP contribution < -0.4 is 20.5 Å². The van der Waals surface area contributed by atoms with Gasteiger partial charge in [-0.2, -0.15) is 0 Å². The second-order valence-electron chi connectivity index (χ2n) is 21.3. The highest BCUT2D eigenvalue weighted by Gasteiger charge is 2.43. The van der Waals surface area contributed by atoms with Crippen LogP contribution >= 0.6 is 12.8 Å². The lowest BCUT2D eigenvalue weighted by Gasteiger charge is -2.33. The molecule has 89 heavy (non-hydrogen) atoms. The van der Waals surface area contributed by atoms with Crippen LogP contribution in [0.4, 0.5) is 0 Å². The number of allylic oxidation sites excluding steroid dienone is 3. The van der Waals surface area contributed by atoms with Crippen molar-refractivity contribution in [1.29, 1.82) is 0 Å². The summed E-state index contributed by atoms with van der Waals surface area (Å²) in [5.74, 6) is -0.794. The number of nitrogens with two attached hydrogens (primary N) is 1. The molecule has 0 bridgehead atoms. The molecule has 3 amide bonds. The fourth-order valence-corrected chi connectivity index (χ4v) is 9.78. The van der Waals surface area contributed by atoms with Crippen LogP contribution in [0.1, 0.15) is 121 Å². The second-order valence-corrected chi connectivity index (χ2v) is 21.8. The standard InChI is InChI=1S/C56H62N2O10.C5H10.C4H9N.2C3H6.C2H4.CH5NS/c1-63-31-33-65-28-7-25-56(26-8-29-66-34-32-64-2)50-37-41(14-19-48(50)49-20-15-42(38-51(49)56)40-13-18-47-44(35-40)36-43-9-3-4-10-46(43)47)39-11-16-45(17-12-39)67-30-6-5-27-57-52(59)21-24-55(62)68-58-53(60)22-23-54(58)61;1-4-5(2)3;1-3-4(2)5;2*1-3-2;1-2;1-2-3/h3-4,9-20,35,37-38H,5-8,21-34,36H2,1-2H3,(H,57,59);4-5H,1H2,2-3H3;3-4H,1,5H2,2H3;2*3H,1H2,2H3;1-2H2;2-3H,1H3. The van der Waals surface area contributed by atoms with Gasteiger partial charge in [0.1, 0.15) is 5.75 Å². The molecule has 8 rings (SSSR count). The fourth-order valence-electron chi connectivity index (χ4n) is 9.78. The van der Waals surface area contributed by atoms with Crippen LogP contribution in [0.2, 0.25) is 0 Å². The van der Waals surface area contributed by atoms with Gasteiger partial charge in [0.2, 0.25) is 5.91 Å². The van der Waals surface area contributed by atoms with Gasteiger partial charge in [0.15, 0.2) is 0 Å². The van der Waals surface area contributed by atoms with Gasteiger partial charge in [-0.05, 0) is 170 Å². The predicted octanol–water partition coefficient (Wildman–Crippen LogP) is 15.0. The highest BCUT2D eigenvalue weighted by molar-refractivity contribution is 7.78. The van der Waals surface area contributed by atoms with Gasteiger partial charge in [0.05, 0.1) is 39.5 Å². The summed E-state index contributed by atoms with van der Waals surface area (Å²) < 4.78 is 31.2. The number of methoxy groups -OCH3 is 2. The Morgan fingerprint density at radius 2 is 1.09 bits per heavy atom. The van der Waals surface area contributed by atoms with Gasteiger partial charge in [-0.3, -0.25) is 19.1 Å². The number of amides is 3. The summed E-state index contributed by atoms with van der Waals surface area (Å²) in [6.45, 7) is 34.0. The van der Waals surface area contributed by atoms with Gasteiger partial charge in [-0.15, -0.1) is 44.5 Å². The number of hydrogen-bond acceptors (Lipinski definition) is 13. The molecule has 1 fully saturated rings. The van der Waals surface area contributed by atoms with Crippen LogP contribution in [0, 0.1) is 5.92 Å². The number of ether oxygens (including phenoxy) is 5. The van der Waals surface area contributed by atoms with E-state index in [-0.39, 0.29) is 43.0 Å². The quantitative estimate of drug-likeness (QED) is 0.0158. The summed E-state index contributed by atoms with van der Waals surface area (Å²) in [5.41, 5.74) is 20.3. The highest BCUT2D eigenvalue weighted by Crippen LogP contribution is 2.55. The largest absolute Gasteiger partial charge is 0.494 e. The first kappa shape index (κ1) is 77.9. The summed E-state index contributed by atoms with van der Waals surface area (Å²) in [5, 5.41) is 3.29. The van der Waals surface area contributed by atoms with Gasteiger partial charge in [0.25, 0.3) is 11.8 Å². The normalized spacial score (nSPS) is 12.6. The monoisotopic (exact) mass is 1240 g/mol. The van der Waals surface area contributed by atoms with Gasteiger partial charge in [-0.1, -0.05) is 130 Å². The molecule has 1 atom stereocenters. The zero-order valence-electron chi connectivity index (χ0n) is 54.5. The molecule has 0 radical (unpaired) electrons. The molecule has 3 aliphatic rings. The molecule has 0 saturated carbocycles. The summed E-state index contributed by atoms with van der Waals surface area (Å²) >= 11 is 3.54. The molecule has 14 nitrogen and oxygen atoms in total. The van der Waals surface area contributed by atoms with Crippen molar-refractivity contribution in [3.8, 4) is 50.3 Å². The third-order valence-corrected chi connectivity index (χ3v) is 14.1. The fraction of sp³-hybridized carbons (Fsp3) is 0.405. The molecule has 1 saturated heterocycles. The van der Waals surface area contributed by atoms with Crippen molar-refractivity contribution in [2.24, 2.45) is 11.7 Å². The first-order valence-corrected chi connectivity index (χ1v) is 31.2. The Morgan fingerprint density at radius 3 is 1.58 bits per heavy atom. The van der Waals surface area contributed by atoms with E-state index in [1.54, 1.807) is 39.5 Å². The molecule has 0 aromatic heterocycles. The van der Waals surface area contributed by atoms with E-state index in [1.165, 1.54) is 55.6 Å². The zero-order chi connectivity index (χ0) is 66.0. The summed E-state index contributed by atoms with van der Waals surface area (Å²) in [7, 11) is 5.14. The number of imide groups is 1. The average Bonchev–Trinajstić information content (AvgIpc) is 1.60. The van der Waals surface area contributed by atoms with Crippen LogP contribution in [-0.4, -0.2) is 109 Å².